The normalized spacial score (nSPS) is 22.3. The van der Waals surface area contributed by atoms with Gasteiger partial charge in [-0.2, -0.15) is 0 Å². The van der Waals surface area contributed by atoms with Crippen LogP contribution in [0.15, 0.2) is 73.1 Å². The van der Waals surface area contributed by atoms with Crippen molar-refractivity contribution < 1.29 is 19.2 Å². The van der Waals surface area contributed by atoms with Gasteiger partial charge in [0.2, 0.25) is 11.8 Å². The van der Waals surface area contributed by atoms with Crippen molar-refractivity contribution >= 4 is 23.6 Å². The molecular weight excluding hydrogens is 709 g/mol. The summed E-state index contributed by atoms with van der Waals surface area (Å²) in [5.41, 5.74) is 2.63. The van der Waals surface area contributed by atoms with E-state index in [0.29, 0.717) is 36.1 Å². The molecule has 0 unspecified atom stereocenters. The number of hydrogen-bond donors (Lipinski definition) is 4. The lowest BCUT2D eigenvalue weighted by molar-refractivity contribution is -0.138. The largest absolute Gasteiger partial charge is 0.348 e. The Morgan fingerprint density at radius 1 is 0.607 bits per heavy atom. The van der Waals surface area contributed by atoms with Crippen LogP contribution >= 0.6 is 0 Å². The van der Waals surface area contributed by atoms with Gasteiger partial charge in [-0.1, -0.05) is 60.7 Å². The van der Waals surface area contributed by atoms with Crippen LogP contribution in [0.25, 0.3) is 0 Å². The zero-order chi connectivity index (χ0) is 39.3. The molecule has 14 nitrogen and oxygen atoms in total. The van der Waals surface area contributed by atoms with Crippen LogP contribution in [0, 0.1) is 0 Å². The van der Waals surface area contributed by atoms with E-state index in [-0.39, 0.29) is 47.8 Å². The molecule has 0 bridgehead atoms. The number of rotatable bonds is 12. The molecule has 14 heteroatoms. The predicted molar refractivity (Wildman–Crippen MR) is 211 cm³/mol. The van der Waals surface area contributed by atoms with Crippen LogP contribution in [-0.4, -0.2) is 117 Å². The SMILES string of the molecule is CN(C)[C@H](C(=O)N1CCC[C@H]1c1ncc(C(=O)NC2CCC(NC(=O)c3cnc([C@@H]4CCCN4C(=O)[C@@H](c4ccccc4)N(C)C)[nH]3)CC2)[nH]1)c1ccccc1. The molecule has 56 heavy (non-hydrogen) atoms. The number of carbonyl (C=O) groups is 4. The number of amides is 4. The first-order valence-corrected chi connectivity index (χ1v) is 19.8. The quantitative estimate of drug-likeness (QED) is 0.164. The Morgan fingerprint density at radius 3 is 1.34 bits per heavy atom. The zero-order valence-electron chi connectivity index (χ0n) is 32.8. The van der Waals surface area contributed by atoms with Crippen LogP contribution < -0.4 is 10.6 Å². The molecule has 2 saturated heterocycles. The first-order valence-electron chi connectivity index (χ1n) is 19.8. The van der Waals surface area contributed by atoms with Gasteiger partial charge in [-0.3, -0.25) is 29.0 Å². The Morgan fingerprint density at radius 2 is 0.982 bits per heavy atom. The van der Waals surface area contributed by atoms with E-state index in [4.69, 9.17) is 0 Å². The van der Waals surface area contributed by atoms with Gasteiger partial charge in [0.15, 0.2) is 0 Å². The van der Waals surface area contributed by atoms with Crippen molar-refractivity contribution in [2.75, 3.05) is 41.3 Å². The fourth-order valence-corrected chi connectivity index (χ4v) is 8.69. The zero-order valence-corrected chi connectivity index (χ0v) is 32.8. The average molecular weight is 763 g/mol. The summed E-state index contributed by atoms with van der Waals surface area (Å²) in [6.45, 7) is 1.27. The lowest BCUT2D eigenvalue weighted by Crippen LogP contribution is -2.44. The maximum absolute atomic E-state index is 13.8. The Kier molecular flexibility index (Phi) is 12.0. The number of likely N-dealkylation sites (N-methyl/N-ethyl adjacent to an activating group) is 2. The molecule has 3 aliphatic rings. The number of H-pyrrole nitrogens is 2. The van der Waals surface area contributed by atoms with Crippen molar-refractivity contribution in [2.45, 2.75) is 87.6 Å². The molecule has 2 aromatic heterocycles. The molecule has 7 rings (SSSR count). The molecule has 2 aliphatic heterocycles. The standard InChI is InChI=1S/C42H54N10O4/c1-49(2)35(27-13-7-5-8-14-27)41(55)51-23-11-17-33(51)37-43-25-31(47-37)39(53)45-29-19-21-30(22-20-29)46-40(54)32-26-44-38(48-32)34-18-12-24-52(34)42(56)36(50(3)4)28-15-9-6-10-16-28/h5-10,13-16,25-26,29-30,33-36H,11-12,17-24H2,1-4H3,(H,43,47)(H,44,48)(H,45,53)(H,46,54)/t29?,30?,33-,34-,35-,36+/m0/s1. The minimum absolute atomic E-state index is 0.0210. The third-order valence-electron chi connectivity index (χ3n) is 11.5. The van der Waals surface area contributed by atoms with Crippen LogP contribution in [0.3, 0.4) is 0 Å². The van der Waals surface area contributed by atoms with Crippen molar-refractivity contribution in [1.29, 1.82) is 0 Å². The molecule has 0 spiro atoms. The van der Waals surface area contributed by atoms with Gasteiger partial charge in [0.05, 0.1) is 24.5 Å². The smallest absolute Gasteiger partial charge is 0.269 e. The number of benzene rings is 2. The highest BCUT2D eigenvalue weighted by Crippen LogP contribution is 2.36. The van der Waals surface area contributed by atoms with Crippen LogP contribution in [-0.2, 0) is 9.59 Å². The topological polar surface area (TPSA) is 163 Å². The summed E-state index contributed by atoms with van der Waals surface area (Å²) in [6.07, 6.45) is 9.26. The Labute approximate surface area is 328 Å². The van der Waals surface area contributed by atoms with Crippen molar-refractivity contribution in [3.8, 4) is 0 Å². The molecule has 4 N–H and O–H groups in total. The molecule has 4 heterocycles. The van der Waals surface area contributed by atoms with E-state index in [1.807, 2.05) is 108 Å². The molecule has 4 atom stereocenters. The summed E-state index contributed by atoms with van der Waals surface area (Å²) in [6, 6.07) is 18.2. The van der Waals surface area contributed by atoms with E-state index in [0.717, 1.165) is 62.5 Å². The minimum atomic E-state index is -0.409. The molecule has 1 saturated carbocycles. The van der Waals surface area contributed by atoms with Gasteiger partial charge in [-0.05, 0) is 90.7 Å². The Hall–Kier alpha value is -5.34. The lowest BCUT2D eigenvalue weighted by atomic mass is 9.91. The molecule has 4 amide bonds. The molecule has 3 fully saturated rings. The number of aromatic amines is 2. The van der Waals surface area contributed by atoms with E-state index in [1.54, 1.807) is 12.4 Å². The molecule has 2 aromatic carbocycles. The first kappa shape index (κ1) is 38.9. The summed E-state index contributed by atoms with van der Waals surface area (Å²) < 4.78 is 0. The number of carbonyl (C=O) groups excluding carboxylic acids is 4. The summed E-state index contributed by atoms with van der Waals surface area (Å²) in [5, 5.41) is 6.29. The molecule has 1 aliphatic carbocycles. The van der Waals surface area contributed by atoms with Gasteiger partial charge in [0.1, 0.15) is 35.1 Å². The van der Waals surface area contributed by atoms with Gasteiger partial charge in [0, 0.05) is 25.2 Å². The average Bonchev–Trinajstić information content (AvgIpc) is 4.03. The number of likely N-dealkylation sites (tertiary alicyclic amines) is 2. The maximum Gasteiger partial charge on any atom is 0.269 e. The molecular formula is C42H54N10O4. The highest BCUT2D eigenvalue weighted by molar-refractivity contribution is 5.93. The third kappa shape index (κ3) is 8.41. The molecule has 0 radical (unpaired) electrons. The Bertz CT molecular complexity index is 1830. The van der Waals surface area contributed by atoms with E-state index in [1.165, 1.54) is 0 Å². The highest BCUT2D eigenvalue weighted by atomic mass is 16.2. The number of nitrogens with zero attached hydrogens (tertiary/aromatic N) is 6. The van der Waals surface area contributed by atoms with Gasteiger partial charge in [-0.15, -0.1) is 0 Å². The van der Waals surface area contributed by atoms with Crippen LogP contribution in [0.1, 0.15) is 119 Å². The van der Waals surface area contributed by atoms with Crippen LogP contribution in [0.4, 0.5) is 0 Å². The second kappa shape index (κ2) is 17.2. The van der Waals surface area contributed by atoms with E-state index in [9.17, 15) is 19.2 Å². The van der Waals surface area contributed by atoms with Gasteiger partial charge >= 0.3 is 0 Å². The molecule has 296 valence electrons. The number of aromatic nitrogens is 4. The first-order chi connectivity index (χ1) is 27.1. The number of hydrogen-bond acceptors (Lipinski definition) is 8. The second-order valence-corrected chi connectivity index (χ2v) is 15.8. The van der Waals surface area contributed by atoms with E-state index in [2.05, 4.69) is 30.6 Å². The Balaban J connectivity index is 0.899. The highest BCUT2D eigenvalue weighted by Gasteiger charge is 2.39. The summed E-state index contributed by atoms with van der Waals surface area (Å²) in [5.74, 6) is 0.829. The van der Waals surface area contributed by atoms with E-state index >= 15 is 0 Å². The van der Waals surface area contributed by atoms with Crippen molar-refractivity contribution in [1.82, 2.24) is 50.2 Å². The van der Waals surface area contributed by atoms with Crippen molar-refractivity contribution in [3.05, 3.63) is 107 Å². The van der Waals surface area contributed by atoms with Gasteiger partial charge in [-0.25, -0.2) is 9.97 Å². The van der Waals surface area contributed by atoms with Crippen LogP contribution in [0.5, 0.6) is 0 Å². The van der Waals surface area contributed by atoms with Crippen molar-refractivity contribution in [3.63, 3.8) is 0 Å². The summed E-state index contributed by atoms with van der Waals surface area (Å²) in [4.78, 5) is 77.5. The third-order valence-corrected chi connectivity index (χ3v) is 11.5. The second-order valence-electron chi connectivity index (χ2n) is 15.8. The minimum Gasteiger partial charge on any atom is -0.348 e. The molecule has 4 aromatic rings. The summed E-state index contributed by atoms with van der Waals surface area (Å²) in [7, 11) is 7.65. The monoisotopic (exact) mass is 762 g/mol. The number of imidazole rings is 2. The van der Waals surface area contributed by atoms with Crippen molar-refractivity contribution in [2.24, 2.45) is 0 Å². The maximum atomic E-state index is 13.8. The fraction of sp³-hybridized carbons (Fsp3) is 0.476. The van der Waals surface area contributed by atoms with Gasteiger partial charge in [0.25, 0.3) is 11.8 Å². The predicted octanol–water partition coefficient (Wildman–Crippen LogP) is 4.54. The lowest BCUT2D eigenvalue weighted by Gasteiger charge is -2.31. The van der Waals surface area contributed by atoms with Crippen LogP contribution in [0.2, 0.25) is 0 Å². The van der Waals surface area contributed by atoms with Gasteiger partial charge < -0.3 is 30.4 Å². The fourth-order valence-electron chi connectivity index (χ4n) is 8.69. The number of nitrogens with one attached hydrogen (secondary N) is 4. The van der Waals surface area contributed by atoms with E-state index < -0.39 is 12.1 Å². The summed E-state index contributed by atoms with van der Waals surface area (Å²) >= 11 is 0.